The monoisotopic (exact) mass is 369 g/mol. The van der Waals surface area contributed by atoms with Crippen LogP contribution < -0.4 is 4.98 Å². The van der Waals surface area contributed by atoms with Crippen LogP contribution in [0.4, 0.5) is 4.79 Å². The molecule has 1 aliphatic rings. The van der Waals surface area contributed by atoms with E-state index >= 15 is 0 Å². The normalized spacial score (nSPS) is 16.9. The maximum absolute atomic E-state index is 11.8. The third kappa shape index (κ3) is 6.53. The Morgan fingerprint density at radius 3 is 2.75 bits per heavy atom. The van der Waals surface area contributed by atoms with E-state index in [4.69, 9.17) is 16.3 Å². The van der Waals surface area contributed by atoms with Gasteiger partial charge < -0.3 is 14.8 Å². The zero-order chi connectivity index (χ0) is 17.4. The number of carbonyl (C=O) groups excluding carboxylic acids is 1. The summed E-state index contributed by atoms with van der Waals surface area (Å²) in [6.07, 6.45) is 5.97. The number of carboxylic acids is 1. The Balaban J connectivity index is 1.74. The predicted octanol–water partition coefficient (Wildman–Crippen LogP) is 3.49. The summed E-state index contributed by atoms with van der Waals surface area (Å²) in [5.41, 5.74) is 0.378. The number of carbonyl (C=O) groups is 2. The molecular formula is C17H24ClNO4Si. The molecule has 0 spiro atoms. The number of benzene rings is 1. The van der Waals surface area contributed by atoms with Gasteiger partial charge in [-0.15, -0.1) is 0 Å². The molecule has 1 aromatic carbocycles. The van der Waals surface area contributed by atoms with Gasteiger partial charge in [0, 0.05) is 5.02 Å². The maximum Gasteiger partial charge on any atom is 0.399 e. The summed E-state index contributed by atoms with van der Waals surface area (Å²) in [4.78, 5) is 25.9. The fraction of sp³-hybridized carbons (Fsp3) is 0.529. The second kappa shape index (κ2) is 9.69. The second-order valence-electron chi connectivity index (χ2n) is 6.36. The van der Waals surface area contributed by atoms with Crippen molar-refractivity contribution >= 4 is 33.3 Å². The van der Waals surface area contributed by atoms with Crippen molar-refractivity contribution in [1.82, 2.24) is 4.98 Å². The Labute approximate surface area is 149 Å². The number of ether oxygens (including phenoxy) is 1. The number of hydrogen-bond donors (Lipinski definition) is 2. The van der Waals surface area contributed by atoms with Crippen molar-refractivity contribution in [3.05, 3.63) is 34.9 Å². The molecule has 5 nitrogen and oxygen atoms in total. The number of aliphatic carboxylic acids is 1. The number of nitrogens with one attached hydrogen (secondary N) is 1. The number of carboxylic acid groups (broad SMARTS) is 1. The summed E-state index contributed by atoms with van der Waals surface area (Å²) in [5.74, 6) is -0.320. The molecule has 0 unspecified atom stereocenters. The Morgan fingerprint density at radius 1 is 1.33 bits per heavy atom. The van der Waals surface area contributed by atoms with E-state index in [0.717, 1.165) is 18.4 Å². The van der Waals surface area contributed by atoms with Crippen LogP contribution >= 0.6 is 11.6 Å². The topological polar surface area (TPSA) is 75.6 Å². The van der Waals surface area contributed by atoms with E-state index < -0.39 is 27.3 Å². The minimum atomic E-state index is -1.27. The first kappa shape index (κ1) is 18.8. The quantitative estimate of drug-likeness (QED) is 0.721. The lowest BCUT2D eigenvalue weighted by atomic mass is 9.86. The first-order chi connectivity index (χ1) is 11.5. The van der Waals surface area contributed by atoms with Gasteiger partial charge >= 0.3 is 12.1 Å². The van der Waals surface area contributed by atoms with Crippen molar-refractivity contribution < 1.29 is 19.4 Å². The highest BCUT2D eigenvalue weighted by Gasteiger charge is 2.25. The van der Waals surface area contributed by atoms with E-state index in [1.54, 1.807) is 18.2 Å². The molecule has 0 radical (unpaired) electrons. The van der Waals surface area contributed by atoms with Crippen LogP contribution in [0.5, 0.6) is 0 Å². The molecule has 2 rings (SSSR count). The minimum Gasteiger partial charge on any atom is -0.481 e. The van der Waals surface area contributed by atoms with Gasteiger partial charge in [-0.1, -0.05) is 55.8 Å². The maximum atomic E-state index is 11.8. The van der Waals surface area contributed by atoms with Crippen molar-refractivity contribution in [2.75, 3.05) is 0 Å². The molecule has 1 fully saturated rings. The zero-order valence-electron chi connectivity index (χ0n) is 13.7. The molecular weight excluding hydrogens is 346 g/mol. The van der Waals surface area contributed by atoms with Gasteiger partial charge in [0.2, 0.25) is 0 Å². The lowest BCUT2D eigenvalue weighted by Crippen LogP contribution is -2.34. The SMILES string of the molecule is O=C(N[SiH2][C@@H](CC1CCCCC1)C(=O)O)OCc1cccc(Cl)c1. The van der Waals surface area contributed by atoms with Crippen LogP contribution in [0.25, 0.3) is 0 Å². The highest BCUT2D eigenvalue weighted by atomic mass is 35.5. The van der Waals surface area contributed by atoms with E-state index in [0.29, 0.717) is 17.4 Å². The lowest BCUT2D eigenvalue weighted by molar-refractivity contribution is -0.137. The third-order valence-corrected chi connectivity index (χ3v) is 6.35. The summed E-state index contributed by atoms with van der Waals surface area (Å²) < 4.78 is 5.14. The van der Waals surface area contributed by atoms with Gasteiger partial charge in [0.05, 0.1) is 5.54 Å². The van der Waals surface area contributed by atoms with Gasteiger partial charge in [0.25, 0.3) is 0 Å². The van der Waals surface area contributed by atoms with E-state index in [9.17, 15) is 14.7 Å². The molecule has 1 aliphatic carbocycles. The average Bonchev–Trinajstić information content (AvgIpc) is 2.57. The molecule has 1 amide bonds. The van der Waals surface area contributed by atoms with Gasteiger partial charge in [0.15, 0.2) is 0 Å². The molecule has 0 heterocycles. The molecule has 0 aromatic heterocycles. The summed E-state index contributed by atoms with van der Waals surface area (Å²) >= 11 is 5.88. The molecule has 132 valence electrons. The van der Waals surface area contributed by atoms with Gasteiger partial charge in [-0.2, -0.15) is 0 Å². The summed E-state index contributed by atoms with van der Waals surface area (Å²) in [6, 6.07) is 7.09. The van der Waals surface area contributed by atoms with Crippen molar-refractivity contribution in [2.45, 2.75) is 50.7 Å². The van der Waals surface area contributed by atoms with Crippen LogP contribution in [0.1, 0.15) is 44.1 Å². The van der Waals surface area contributed by atoms with E-state index in [-0.39, 0.29) is 6.61 Å². The largest absolute Gasteiger partial charge is 0.481 e. The predicted molar refractivity (Wildman–Crippen MR) is 95.9 cm³/mol. The number of halogens is 1. The molecule has 7 heteroatoms. The molecule has 0 saturated heterocycles. The van der Waals surface area contributed by atoms with E-state index in [1.165, 1.54) is 19.3 Å². The summed E-state index contributed by atoms with van der Waals surface area (Å²) in [6.45, 7) is 0.126. The first-order valence-electron chi connectivity index (χ1n) is 8.42. The molecule has 0 aliphatic heterocycles. The van der Waals surface area contributed by atoms with Gasteiger partial charge in [-0.3, -0.25) is 4.79 Å². The Hall–Kier alpha value is -1.53. The van der Waals surface area contributed by atoms with Crippen molar-refractivity contribution in [3.8, 4) is 0 Å². The van der Waals surface area contributed by atoms with Crippen LogP contribution in [-0.2, 0) is 16.1 Å². The van der Waals surface area contributed by atoms with E-state index in [2.05, 4.69) is 4.98 Å². The van der Waals surface area contributed by atoms with Gasteiger partial charge in [-0.25, -0.2) is 4.79 Å². The molecule has 0 bridgehead atoms. The van der Waals surface area contributed by atoms with Gasteiger partial charge in [-0.05, 0) is 30.0 Å². The van der Waals surface area contributed by atoms with Crippen molar-refractivity contribution in [1.29, 1.82) is 0 Å². The molecule has 24 heavy (non-hydrogen) atoms. The molecule has 1 atom stereocenters. The fourth-order valence-electron chi connectivity index (χ4n) is 3.13. The Kier molecular flexibility index (Phi) is 7.59. The van der Waals surface area contributed by atoms with Crippen LogP contribution in [0.15, 0.2) is 24.3 Å². The number of hydrogen-bond acceptors (Lipinski definition) is 3. The summed E-state index contributed by atoms with van der Waals surface area (Å²) in [5, 5.41) is 9.97. The van der Waals surface area contributed by atoms with Crippen molar-refractivity contribution in [3.63, 3.8) is 0 Å². The molecule has 2 N–H and O–H groups in total. The molecule has 1 saturated carbocycles. The smallest absolute Gasteiger partial charge is 0.399 e. The Bertz CT molecular complexity index is 563. The standard InChI is InChI=1S/C17H24ClNO4Si/c18-14-8-4-7-13(9-14)11-23-17(22)19-24-15(16(20)21)10-12-5-2-1-3-6-12/h4,7-9,12,15H,1-3,5-6,10-11,24H2,(H,19,22)(H,20,21)/t15-/m0/s1. The summed E-state index contributed by atoms with van der Waals surface area (Å²) in [7, 11) is -1.27. The lowest BCUT2D eigenvalue weighted by Gasteiger charge is -2.24. The fourth-order valence-corrected chi connectivity index (χ4v) is 4.67. The van der Waals surface area contributed by atoms with Crippen LogP contribution in [0.2, 0.25) is 10.6 Å². The highest BCUT2D eigenvalue weighted by Crippen LogP contribution is 2.30. The number of rotatable bonds is 7. The van der Waals surface area contributed by atoms with Crippen LogP contribution in [0.3, 0.4) is 0 Å². The van der Waals surface area contributed by atoms with Crippen LogP contribution in [-0.4, -0.2) is 26.9 Å². The molecule has 1 aromatic rings. The zero-order valence-corrected chi connectivity index (χ0v) is 15.8. The Morgan fingerprint density at radius 2 is 2.08 bits per heavy atom. The van der Waals surface area contributed by atoms with Crippen LogP contribution in [0, 0.1) is 5.92 Å². The number of amides is 1. The first-order valence-corrected chi connectivity index (χ1v) is 10.3. The highest BCUT2D eigenvalue weighted by molar-refractivity contribution is 6.44. The third-order valence-electron chi connectivity index (χ3n) is 4.44. The minimum absolute atomic E-state index is 0.126. The second-order valence-corrected chi connectivity index (χ2v) is 8.55. The van der Waals surface area contributed by atoms with Crippen molar-refractivity contribution in [2.24, 2.45) is 5.92 Å². The van der Waals surface area contributed by atoms with Gasteiger partial charge in [0.1, 0.15) is 16.3 Å². The average molecular weight is 370 g/mol. The van der Waals surface area contributed by atoms with E-state index in [1.807, 2.05) is 6.07 Å².